The zero-order valence-electron chi connectivity index (χ0n) is 16.2. The van der Waals surface area contributed by atoms with Crippen LogP contribution in [0.15, 0.2) is 36.9 Å². The number of carbonyl (C=O) groups excluding carboxylic acids is 1. The summed E-state index contributed by atoms with van der Waals surface area (Å²) in [5.74, 6) is 0.385. The number of hydrogen-bond acceptors (Lipinski definition) is 4. The molecule has 0 aromatic carbocycles. The molecule has 0 unspecified atom stereocenters. The van der Waals surface area contributed by atoms with Crippen LogP contribution < -0.4 is 0 Å². The Labute approximate surface area is 155 Å². The van der Waals surface area contributed by atoms with Crippen molar-refractivity contribution in [2.75, 3.05) is 27.2 Å². The van der Waals surface area contributed by atoms with E-state index in [1.165, 1.54) is 5.56 Å². The molecule has 1 fully saturated rings. The summed E-state index contributed by atoms with van der Waals surface area (Å²) in [6.07, 6.45) is 9.87. The molecule has 0 saturated carbocycles. The number of nitrogens with zero attached hydrogens (tertiary/aromatic N) is 5. The topological polar surface area (TPSA) is 54.3 Å². The minimum absolute atomic E-state index is 0.149. The summed E-state index contributed by atoms with van der Waals surface area (Å²) in [7, 11) is 6.04. The van der Waals surface area contributed by atoms with Gasteiger partial charge >= 0.3 is 0 Å². The van der Waals surface area contributed by atoms with Gasteiger partial charge in [-0.3, -0.25) is 19.4 Å². The van der Waals surface area contributed by atoms with Crippen LogP contribution in [0.1, 0.15) is 42.9 Å². The number of likely N-dealkylation sites (N-methyl/N-ethyl adjacent to an activating group) is 1. The third kappa shape index (κ3) is 3.96. The Morgan fingerprint density at radius 2 is 2.19 bits per heavy atom. The van der Waals surface area contributed by atoms with Crippen molar-refractivity contribution in [1.29, 1.82) is 0 Å². The molecule has 3 heterocycles. The molecule has 1 saturated heterocycles. The molecule has 3 atom stereocenters. The number of rotatable bonds is 5. The molecule has 140 valence electrons. The average molecular weight is 355 g/mol. The second-order valence-corrected chi connectivity index (χ2v) is 7.50. The number of piperidine rings is 1. The highest BCUT2D eigenvalue weighted by Crippen LogP contribution is 2.35. The molecule has 0 N–H and O–H groups in total. The Balaban J connectivity index is 1.72. The maximum Gasteiger partial charge on any atom is 0.229 e. The predicted molar refractivity (Wildman–Crippen MR) is 102 cm³/mol. The molecular weight excluding hydrogens is 326 g/mol. The van der Waals surface area contributed by atoms with E-state index in [0.29, 0.717) is 12.0 Å². The Hall–Kier alpha value is -2.21. The normalized spacial score (nSPS) is 22.2. The lowest BCUT2D eigenvalue weighted by molar-refractivity contribution is -0.132. The van der Waals surface area contributed by atoms with E-state index in [0.717, 1.165) is 31.5 Å². The predicted octanol–water partition coefficient (Wildman–Crippen LogP) is 2.46. The van der Waals surface area contributed by atoms with Gasteiger partial charge in [0.25, 0.3) is 0 Å². The maximum atomic E-state index is 12.9. The molecule has 1 amide bonds. The van der Waals surface area contributed by atoms with Crippen LogP contribution in [0.5, 0.6) is 0 Å². The highest BCUT2D eigenvalue weighted by atomic mass is 16.2. The fourth-order valence-electron chi connectivity index (χ4n) is 4.12. The van der Waals surface area contributed by atoms with Gasteiger partial charge in [0.1, 0.15) is 0 Å². The van der Waals surface area contributed by atoms with Crippen LogP contribution in [0.4, 0.5) is 0 Å². The van der Waals surface area contributed by atoms with Crippen LogP contribution >= 0.6 is 0 Å². The van der Waals surface area contributed by atoms with E-state index in [2.05, 4.69) is 28.2 Å². The number of carbonyl (C=O) groups is 1. The minimum atomic E-state index is -0.174. The first kappa shape index (κ1) is 18.6. The minimum Gasteiger partial charge on any atom is -0.345 e. The molecule has 2 aromatic heterocycles. The van der Waals surface area contributed by atoms with Gasteiger partial charge in [-0.25, -0.2) is 0 Å². The van der Waals surface area contributed by atoms with E-state index < -0.39 is 0 Å². The highest BCUT2D eigenvalue weighted by Gasteiger charge is 2.33. The number of aromatic nitrogens is 3. The Morgan fingerprint density at radius 3 is 2.85 bits per heavy atom. The second kappa shape index (κ2) is 7.99. The number of pyridine rings is 1. The maximum absolute atomic E-state index is 12.9. The first-order valence-electron chi connectivity index (χ1n) is 9.31. The number of aryl methyl sites for hydroxylation is 1. The summed E-state index contributed by atoms with van der Waals surface area (Å²) in [6.45, 7) is 3.80. The van der Waals surface area contributed by atoms with Crippen LogP contribution in [-0.2, 0) is 11.8 Å². The van der Waals surface area contributed by atoms with Crippen molar-refractivity contribution >= 4 is 5.91 Å². The molecule has 6 nitrogen and oxygen atoms in total. The SMILES string of the molecule is C[C@@H](C(=O)N(C)C[C@@H]1CCCN(C)[C@H]1c1cnn(C)c1)c1cccnc1. The van der Waals surface area contributed by atoms with Crippen molar-refractivity contribution in [2.24, 2.45) is 13.0 Å². The molecule has 0 radical (unpaired) electrons. The smallest absolute Gasteiger partial charge is 0.229 e. The highest BCUT2D eigenvalue weighted by molar-refractivity contribution is 5.83. The van der Waals surface area contributed by atoms with Crippen molar-refractivity contribution in [3.8, 4) is 0 Å². The van der Waals surface area contributed by atoms with Gasteiger partial charge in [0.15, 0.2) is 0 Å². The summed E-state index contributed by atoms with van der Waals surface area (Å²) in [5.41, 5.74) is 2.20. The average Bonchev–Trinajstić information content (AvgIpc) is 3.07. The zero-order chi connectivity index (χ0) is 18.7. The van der Waals surface area contributed by atoms with Gasteiger partial charge in [0.05, 0.1) is 12.1 Å². The van der Waals surface area contributed by atoms with Gasteiger partial charge in [-0.2, -0.15) is 5.10 Å². The van der Waals surface area contributed by atoms with Gasteiger partial charge in [0.2, 0.25) is 5.91 Å². The first-order valence-corrected chi connectivity index (χ1v) is 9.31. The quantitative estimate of drug-likeness (QED) is 0.827. The number of likely N-dealkylation sites (tertiary alicyclic amines) is 1. The molecule has 26 heavy (non-hydrogen) atoms. The fourth-order valence-corrected chi connectivity index (χ4v) is 4.12. The molecule has 1 aliphatic rings. The van der Waals surface area contributed by atoms with Crippen LogP contribution in [-0.4, -0.2) is 57.7 Å². The third-order valence-electron chi connectivity index (χ3n) is 5.51. The number of amides is 1. The largest absolute Gasteiger partial charge is 0.345 e. The zero-order valence-corrected chi connectivity index (χ0v) is 16.2. The van der Waals surface area contributed by atoms with Crippen molar-refractivity contribution in [3.63, 3.8) is 0 Å². The van der Waals surface area contributed by atoms with Gasteiger partial charge in [-0.05, 0) is 50.9 Å². The van der Waals surface area contributed by atoms with Crippen LogP contribution in [0.25, 0.3) is 0 Å². The molecule has 0 spiro atoms. The standard InChI is InChI=1S/C20H29N5O/c1-15(16-7-5-9-21-11-16)20(26)24(3)13-17-8-6-10-23(2)19(17)18-12-22-25(4)14-18/h5,7,9,11-12,14-15,17,19H,6,8,10,13H2,1-4H3/t15-,17+,19-/m1/s1. The second-order valence-electron chi connectivity index (χ2n) is 7.50. The molecule has 0 bridgehead atoms. The van der Waals surface area contributed by atoms with Gasteiger partial charge in [0, 0.05) is 50.8 Å². The fraction of sp³-hybridized carbons (Fsp3) is 0.550. The van der Waals surface area contributed by atoms with E-state index in [9.17, 15) is 4.79 Å². The van der Waals surface area contributed by atoms with E-state index in [4.69, 9.17) is 0 Å². The molecule has 3 rings (SSSR count). The van der Waals surface area contributed by atoms with Gasteiger partial charge in [-0.15, -0.1) is 0 Å². The molecule has 1 aliphatic heterocycles. The van der Waals surface area contributed by atoms with Crippen LogP contribution in [0.3, 0.4) is 0 Å². The lowest BCUT2D eigenvalue weighted by atomic mass is 9.85. The monoisotopic (exact) mass is 355 g/mol. The molecule has 2 aromatic rings. The van der Waals surface area contributed by atoms with E-state index in [-0.39, 0.29) is 11.8 Å². The van der Waals surface area contributed by atoms with E-state index >= 15 is 0 Å². The van der Waals surface area contributed by atoms with Crippen molar-refractivity contribution in [3.05, 3.63) is 48.0 Å². The molecular formula is C20H29N5O. The summed E-state index contributed by atoms with van der Waals surface area (Å²) in [5, 5.41) is 4.35. The molecule has 6 heteroatoms. The van der Waals surface area contributed by atoms with Crippen LogP contribution in [0, 0.1) is 5.92 Å². The van der Waals surface area contributed by atoms with Crippen molar-refractivity contribution in [1.82, 2.24) is 24.6 Å². The van der Waals surface area contributed by atoms with Crippen molar-refractivity contribution in [2.45, 2.75) is 31.7 Å². The lowest BCUT2D eigenvalue weighted by Crippen LogP contribution is -2.43. The van der Waals surface area contributed by atoms with Gasteiger partial charge in [-0.1, -0.05) is 6.07 Å². The lowest BCUT2D eigenvalue weighted by Gasteiger charge is -2.40. The van der Waals surface area contributed by atoms with Crippen molar-refractivity contribution < 1.29 is 4.79 Å². The summed E-state index contributed by atoms with van der Waals surface area (Å²) in [4.78, 5) is 21.3. The Bertz CT molecular complexity index is 729. The van der Waals surface area contributed by atoms with Crippen LogP contribution in [0.2, 0.25) is 0 Å². The summed E-state index contributed by atoms with van der Waals surface area (Å²) < 4.78 is 1.86. The Kier molecular flexibility index (Phi) is 5.71. The Morgan fingerprint density at radius 1 is 1.38 bits per heavy atom. The summed E-state index contributed by atoms with van der Waals surface area (Å²) in [6, 6.07) is 4.16. The third-order valence-corrected chi connectivity index (χ3v) is 5.51. The summed E-state index contributed by atoms with van der Waals surface area (Å²) >= 11 is 0. The first-order chi connectivity index (χ1) is 12.5. The molecule has 0 aliphatic carbocycles. The van der Waals surface area contributed by atoms with E-state index in [1.807, 2.05) is 48.9 Å². The van der Waals surface area contributed by atoms with E-state index in [1.54, 1.807) is 12.4 Å². The van der Waals surface area contributed by atoms with Gasteiger partial charge < -0.3 is 4.90 Å². The number of hydrogen-bond donors (Lipinski definition) is 0.